The Bertz CT molecular complexity index is 572. The number of rotatable bonds is 5. The van der Waals surface area contributed by atoms with E-state index in [9.17, 15) is 0 Å². The van der Waals surface area contributed by atoms with Crippen LogP contribution in [0.4, 0.5) is 0 Å². The van der Waals surface area contributed by atoms with Gasteiger partial charge in [-0.25, -0.2) is 4.98 Å². The number of hydrogen-bond acceptors (Lipinski definition) is 5. The molecule has 4 nitrogen and oxygen atoms in total. The van der Waals surface area contributed by atoms with Gasteiger partial charge >= 0.3 is 0 Å². The molecule has 0 aromatic carbocycles. The Morgan fingerprint density at radius 2 is 2.05 bits per heavy atom. The maximum absolute atomic E-state index is 4.83. The van der Waals surface area contributed by atoms with E-state index in [1.807, 2.05) is 0 Å². The molecule has 0 bridgehead atoms. The second-order valence-corrected chi connectivity index (χ2v) is 7.41. The molecule has 2 aromatic rings. The summed E-state index contributed by atoms with van der Waals surface area (Å²) in [4.78, 5) is 14.6. The fourth-order valence-corrected chi connectivity index (χ4v) is 3.17. The minimum atomic E-state index is 0.0312. The summed E-state index contributed by atoms with van der Waals surface area (Å²) in [5.41, 5.74) is 2.04. The third-order valence-corrected chi connectivity index (χ3v) is 4.49. The van der Waals surface area contributed by atoms with Crippen molar-refractivity contribution in [1.82, 2.24) is 20.3 Å². The smallest absolute Gasteiger partial charge is 0.144 e. The van der Waals surface area contributed by atoms with Gasteiger partial charge in [-0.2, -0.15) is 0 Å². The van der Waals surface area contributed by atoms with Crippen molar-refractivity contribution >= 4 is 11.3 Å². The molecule has 0 aliphatic rings. The van der Waals surface area contributed by atoms with E-state index < -0.39 is 0 Å². The van der Waals surface area contributed by atoms with Crippen molar-refractivity contribution in [3.05, 3.63) is 29.2 Å². The van der Waals surface area contributed by atoms with E-state index >= 15 is 0 Å². The standard InChI is InChI=1S/C16H24N4S/c1-6-11(2)19-10-13-14(16(3,4)5)20-15(21-13)12-9-17-7-8-18-12/h7-9,11,19H,6,10H2,1-5H3. The fraction of sp³-hybridized carbons (Fsp3) is 0.562. The minimum absolute atomic E-state index is 0.0312. The molecule has 0 radical (unpaired) electrons. The van der Waals surface area contributed by atoms with Crippen molar-refractivity contribution < 1.29 is 0 Å². The average Bonchev–Trinajstić information content (AvgIpc) is 2.90. The van der Waals surface area contributed by atoms with E-state index in [0.717, 1.165) is 29.4 Å². The molecule has 0 aliphatic carbocycles. The highest BCUT2D eigenvalue weighted by Gasteiger charge is 2.24. The molecule has 0 spiro atoms. The molecular formula is C16H24N4S. The van der Waals surface area contributed by atoms with Crippen LogP contribution in [0.2, 0.25) is 0 Å². The first-order valence-electron chi connectivity index (χ1n) is 7.41. The Balaban J connectivity index is 2.32. The zero-order valence-corrected chi connectivity index (χ0v) is 14.3. The van der Waals surface area contributed by atoms with E-state index in [1.54, 1.807) is 29.9 Å². The van der Waals surface area contributed by atoms with Crippen molar-refractivity contribution in [3.8, 4) is 10.7 Å². The highest BCUT2D eigenvalue weighted by atomic mass is 32.1. The SMILES string of the molecule is CCC(C)NCc1sc(-c2cnccn2)nc1C(C)(C)C. The normalized spacial score (nSPS) is 13.4. The summed E-state index contributed by atoms with van der Waals surface area (Å²) < 4.78 is 0. The molecule has 0 fully saturated rings. The molecular weight excluding hydrogens is 280 g/mol. The van der Waals surface area contributed by atoms with Gasteiger partial charge in [-0.15, -0.1) is 11.3 Å². The Morgan fingerprint density at radius 1 is 1.29 bits per heavy atom. The number of nitrogens with one attached hydrogen (secondary N) is 1. The summed E-state index contributed by atoms with van der Waals surface area (Å²) in [6.07, 6.45) is 6.30. The lowest BCUT2D eigenvalue weighted by Gasteiger charge is -2.18. The lowest BCUT2D eigenvalue weighted by molar-refractivity contribution is 0.520. The van der Waals surface area contributed by atoms with Gasteiger partial charge < -0.3 is 5.32 Å². The molecule has 21 heavy (non-hydrogen) atoms. The van der Waals surface area contributed by atoms with Crippen LogP contribution in [-0.2, 0) is 12.0 Å². The molecule has 2 aromatic heterocycles. The van der Waals surface area contributed by atoms with Crippen molar-refractivity contribution in [2.24, 2.45) is 0 Å². The van der Waals surface area contributed by atoms with Crippen LogP contribution in [0.3, 0.4) is 0 Å². The lowest BCUT2D eigenvalue weighted by atomic mass is 9.91. The van der Waals surface area contributed by atoms with Crippen LogP contribution >= 0.6 is 11.3 Å². The second-order valence-electron chi connectivity index (χ2n) is 6.32. The maximum atomic E-state index is 4.83. The molecule has 5 heteroatoms. The van der Waals surface area contributed by atoms with Crippen LogP contribution < -0.4 is 5.32 Å². The van der Waals surface area contributed by atoms with Crippen molar-refractivity contribution in [1.29, 1.82) is 0 Å². The monoisotopic (exact) mass is 304 g/mol. The van der Waals surface area contributed by atoms with Crippen LogP contribution in [0.1, 0.15) is 51.6 Å². The van der Waals surface area contributed by atoms with Crippen LogP contribution in [0.15, 0.2) is 18.6 Å². The molecule has 0 saturated carbocycles. The molecule has 1 unspecified atom stereocenters. The predicted molar refractivity (Wildman–Crippen MR) is 88.4 cm³/mol. The highest BCUT2D eigenvalue weighted by Crippen LogP contribution is 2.33. The van der Waals surface area contributed by atoms with E-state index in [0.29, 0.717) is 6.04 Å². The Hall–Kier alpha value is -1.33. The van der Waals surface area contributed by atoms with Gasteiger partial charge in [0.2, 0.25) is 0 Å². The molecule has 1 atom stereocenters. The zero-order valence-electron chi connectivity index (χ0n) is 13.5. The second kappa shape index (κ2) is 6.62. The summed E-state index contributed by atoms with van der Waals surface area (Å²) in [5.74, 6) is 0. The first-order valence-corrected chi connectivity index (χ1v) is 8.23. The van der Waals surface area contributed by atoms with Crippen LogP contribution in [0, 0.1) is 0 Å². The lowest BCUT2D eigenvalue weighted by Crippen LogP contribution is -2.25. The molecule has 2 heterocycles. The van der Waals surface area contributed by atoms with Gasteiger partial charge in [-0.3, -0.25) is 9.97 Å². The van der Waals surface area contributed by atoms with Gasteiger partial charge in [-0.1, -0.05) is 27.7 Å². The molecule has 114 valence electrons. The molecule has 2 rings (SSSR count). The first kappa shape index (κ1) is 16.0. The molecule has 0 saturated heterocycles. The predicted octanol–water partition coefficient (Wildman–Crippen LogP) is 3.79. The minimum Gasteiger partial charge on any atom is -0.309 e. The largest absolute Gasteiger partial charge is 0.309 e. The molecule has 0 aliphatic heterocycles. The highest BCUT2D eigenvalue weighted by molar-refractivity contribution is 7.15. The Morgan fingerprint density at radius 3 is 2.62 bits per heavy atom. The maximum Gasteiger partial charge on any atom is 0.144 e. The number of hydrogen-bond donors (Lipinski definition) is 1. The van der Waals surface area contributed by atoms with Crippen molar-refractivity contribution in [2.75, 3.05) is 0 Å². The van der Waals surface area contributed by atoms with E-state index in [2.05, 4.69) is 49.9 Å². The average molecular weight is 304 g/mol. The van der Waals surface area contributed by atoms with Crippen LogP contribution in [-0.4, -0.2) is 21.0 Å². The zero-order chi connectivity index (χ0) is 15.5. The van der Waals surface area contributed by atoms with Crippen molar-refractivity contribution in [3.63, 3.8) is 0 Å². The van der Waals surface area contributed by atoms with E-state index in [-0.39, 0.29) is 5.41 Å². The van der Waals surface area contributed by atoms with Gasteiger partial charge in [-0.05, 0) is 13.3 Å². The first-order chi connectivity index (χ1) is 9.91. The number of aromatic nitrogens is 3. The summed E-state index contributed by atoms with van der Waals surface area (Å²) >= 11 is 1.72. The summed E-state index contributed by atoms with van der Waals surface area (Å²) in [5, 5.41) is 4.51. The summed E-state index contributed by atoms with van der Waals surface area (Å²) in [6, 6.07) is 0.514. The van der Waals surface area contributed by atoms with Crippen LogP contribution in [0.5, 0.6) is 0 Å². The van der Waals surface area contributed by atoms with E-state index in [4.69, 9.17) is 4.98 Å². The van der Waals surface area contributed by atoms with Crippen LogP contribution in [0.25, 0.3) is 10.7 Å². The van der Waals surface area contributed by atoms with Gasteiger partial charge in [0.15, 0.2) is 0 Å². The molecule has 1 N–H and O–H groups in total. The summed E-state index contributed by atoms with van der Waals surface area (Å²) in [7, 11) is 0. The fourth-order valence-electron chi connectivity index (χ4n) is 1.99. The van der Waals surface area contributed by atoms with Crippen molar-refractivity contribution in [2.45, 2.75) is 59.0 Å². The van der Waals surface area contributed by atoms with Gasteiger partial charge in [0.25, 0.3) is 0 Å². The Labute approximate surface area is 131 Å². The van der Waals surface area contributed by atoms with E-state index in [1.165, 1.54) is 4.88 Å². The third kappa shape index (κ3) is 4.08. The van der Waals surface area contributed by atoms with Gasteiger partial charge in [0.1, 0.15) is 10.7 Å². The van der Waals surface area contributed by atoms with Gasteiger partial charge in [0.05, 0.1) is 11.9 Å². The summed E-state index contributed by atoms with van der Waals surface area (Å²) in [6.45, 7) is 11.9. The van der Waals surface area contributed by atoms with Gasteiger partial charge in [0, 0.05) is 35.3 Å². The molecule has 0 amide bonds. The number of nitrogens with zero attached hydrogens (tertiary/aromatic N) is 3. The topological polar surface area (TPSA) is 50.7 Å². The Kier molecular flexibility index (Phi) is 5.06. The third-order valence-electron chi connectivity index (χ3n) is 3.41. The number of thiazole rings is 1. The quantitative estimate of drug-likeness (QED) is 0.913.